The van der Waals surface area contributed by atoms with Crippen molar-refractivity contribution in [2.45, 2.75) is 13.1 Å². The Bertz CT molecular complexity index is 657. The summed E-state index contributed by atoms with van der Waals surface area (Å²) in [5.41, 5.74) is 9.19. The number of anilines is 1. The fourth-order valence-electron chi connectivity index (χ4n) is 2.05. The average Bonchev–Trinajstić information content (AvgIpc) is 2.88. The summed E-state index contributed by atoms with van der Waals surface area (Å²) in [6.45, 7) is 1.32. The molecule has 0 saturated heterocycles. The number of hydrogen-bond donors (Lipinski definition) is 2. The first-order valence-corrected chi connectivity index (χ1v) is 7.05. The lowest BCUT2D eigenvalue weighted by Crippen LogP contribution is -2.05. The van der Waals surface area contributed by atoms with Crippen molar-refractivity contribution in [3.63, 3.8) is 0 Å². The minimum Gasteiger partial charge on any atom is -0.357 e. The zero-order valence-electron chi connectivity index (χ0n) is 10.5. The number of para-hydroxylation sites is 1. The molecule has 96 valence electrons. The predicted octanol–water partition coefficient (Wildman–Crippen LogP) is 3.37. The summed E-state index contributed by atoms with van der Waals surface area (Å²) >= 11 is 1.68. The van der Waals surface area contributed by atoms with Crippen molar-refractivity contribution in [3.8, 4) is 0 Å². The quantitative estimate of drug-likeness (QED) is 0.763. The van der Waals surface area contributed by atoms with Gasteiger partial charge in [-0.2, -0.15) is 0 Å². The second-order valence-electron chi connectivity index (χ2n) is 4.31. The minimum absolute atomic E-state index is 0.567. The summed E-state index contributed by atoms with van der Waals surface area (Å²) < 4.78 is 1.21. The van der Waals surface area contributed by atoms with E-state index in [1.165, 1.54) is 15.8 Å². The fraction of sp³-hybridized carbons (Fsp3) is 0.133. The second-order valence-corrected chi connectivity index (χ2v) is 5.34. The molecule has 1 aromatic heterocycles. The van der Waals surface area contributed by atoms with Crippen molar-refractivity contribution in [2.75, 3.05) is 5.32 Å². The van der Waals surface area contributed by atoms with Gasteiger partial charge in [-0.1, -0.05) is 47.7 Å². The van der Waals surface area contributed by atoms with Gasteiger partial charge in [0, 0.05) is 13.1 Å². The Morgan fingerprint density at radius 3 is 2.53 bits per heavy atom. The number of rotatable bonds is 4. The molecule has 0 atom stereocenters. The van der Waals surface area contributed by atoms with Gasteiger partial charge in [0.15, 0.2) is 5.13 Å². The standard InChI is InChI=1S/C15H15N3S/c16-9-11-5-1-2-6-12(11)10-17-15-18-13-7-3-4-8-14(13)19-15/h1-8H,9-10,16H2,(H,17,18). The predicted molar refractivity (Wildman–Crippen MR) is 81.3 cm³/mol. The lowest BCUT2D eigenvalue weighted by molar-refractivity contribution is 1.01. The fourth-order valence-corrected chi connectivity index (χ4v) is 2.91. The summed E-state index contributed by atoms with van der Waals surface area (Å²) in [7, 11) is 0. The highest BCUT2D eigenvalue weighted by atomic mass is 32.1. The molecule has 0 saturated carbocycles. The Kier molecular flexibility index (Phi) is 3.44. The van der Waals surface area contributed by atoms with Crippen LogP contribution in [-0.4, -0.2) is 4.98 Å². The molecule has 0 spiro atoms. The van der Waals surface area contributed by atoms with E-state index in [1.807, 2.05) is 30.3 Å². The van der Waals surface area contributed by atoms with Crippen LogP contribution in [0, 0.1) is 0 Å². The molecule has 2 aromatic carbocycles. The summed E-state index contributed by atoms with van der Waals surface area (Å²) in [6, 6.07) is 16.4. The second kappa shape index (κ2) is 5.38. The molecule has 0 fully saturated rings. The molecule has 0 aliphatic rings. The highest BCUT2D eigenvalue weighted by molar-refractivity contribution is 7.22. The molecule has 1 heterocycles. The van der Waals surface area contributed by atoms with Gasteiger partial charge < -0.3 is 11.1 Å². The SMILES string of the molecule is NCc1ccccc1CNc1nc2ccccc2s1. The van der Waals surface area contributed by atoms with Crippen molar-refractivity contribution < 1.29 is 0 Å². The molecular formula is C15H15N3S. The molecule has 3 rings (SSSR count). The molecule has 3 N–H and O–H groups in total. The Hall–Kier alpha value is -1.91. The van der Waals surface area contributed by atoms with Crippen LogP contribution >= 0.6 is 11.3 Å². The number of thiazole rings is 1. The lowest BCUT2D eigenvalue weighted by atomic mass is 10.1. The van der Waals surface area contributed by atoms with E-state index in [2.05, 4.69) is 28.5 Å². The van der Waals surface area contributed by atoms with E-state index in [9.17, 15) is 0 Å². The number of nitrogens with one attached hydrogen (secondary N) is 1. The van der Waals surface area contributed by atoms with E-state index in [1.54, 1.807) is 11.3 Å². The molecule has 4 heteroatoms. The third kappa shape index (κ3) is 2.59. The van der Waals surface area contributed by atoms with Crippen molar-refractivity contribution in [3.05, 3.63) is 59.7 Å². The molecule has 0 aliphatic carbocycles. The first-order chi connectivity index (χ1) is 9.36. The van der Waals surface area contributed by atoms with E-state index in [-0.39, 0.29) is 0 Å². The first-order valence-electron chi connectivity index (χ1n) is 6.23. The van der Waals surface area contributed by atoms with Crippen molar-refractivity contribution in [1.29, 1.82) is 0 Å². The Labute approximate surface area is 116 Å². The smallest absolute Gasteiger partial charge is 0.184 e. The molecule has 0 bridgehead atoms. The maximum absolute atomic E-state index is 5.74. The third-order valence-electron chi connectivity index (χ3n) is 3.06. The van der Waals surface area contributed by atoms with Crippen LogP contribution in [-0.2, 0) is 13.1 Å². The number of nitrogens with two attached hydrogens (primary N) is 1. The Morgan fingerprint density at radius 1 is 1.00 bits per heavy atom. The highest BCUT2D eigenvalue weighted by Gasteiger charge is 2.04. The minimum atomic E-state index is 0.567. The molecule has 0 aliphatic heterocycles. The summed E-state index contributed by atoms with van der Waals surface area (Å²) in [4.78, 5) is 4.56. The molecule has 19 heavy (non-hydrogen) atoms. The number of benzene rings is 2. The summed E-state index contributed by atoms with van der Waals surface area (Å²) in [5, 5.41) is 4.33. The van der Waals surface area contributed by atoms with E-state index >= 15 is 0 Å². The van der Waals surface area contributed by atoms with Gasteiger partial charge >= 0.3 is 0 Å². The van der Waals surface area contributed by atoms with Gasteiger partial charge in [0.05, 0.1) is 10.2 Å². The number of aromatic nitrogens is 1. The van der Waals surface area contributed by atoms with Crippen molar-refractivity contribution in [1.82, 2.24) is 4.98 Å². The largest absolute Gasteiger partial charge is 0.357 e. The summed E-state index contributed by atoms with van der Waals surface area (Å²) in [5.74, 6) is 0. The van der Waals surface area contributed by atoms with Crippen LogP contribution in [0.25, 0.3) is 10.2 Å². The molecule has 3 aromatic rings. The first kappa shape index (κ1) is 12.1. The molecule has 0 radical (unpaired) electrons. The monoisotopic (exact) mass is 269 g/mol. The van der Waals surface area contributed by atoms with Crippen LogP contribution in [0.5, 0.6) is 0 Å². The molecular weight excluding hydrogens is 254 g/mol. The van der Waals surface area contributed by atoms with E-state index in [0.717, 1.165) is 17.2 Å². The van der Waals surface area contributed by atoms with Crippen LogP contribution in [0.3, 0.4) is 0 Å². The maximum atomic E-state index is 5.74. The zero-order valence-corrected chi connectivity index (χ0v) is 11.3. The average molecular weight is 269 g/mol. The van der Waals surface area contributed by atoms with Gasteiger partial charge in [-0.05, 0) is 23.3 Å². The Balaban J connectivity index is 1.78. The van der Waals surface area contributed by atoms with Gasteiger partial charge in [0.1, 0.15) is 0 Å². The zero-order chi connectivity index (χ0) is 13.1. The van der Waals surface area contributed by atoms with Gasteiger partial charge in [-0.15, -0.1) is 0 Å². The van der Waals surface area contributed by atoms with Crippen molar-refractivity contribution >= 4 is 26.7 Å². The number of nitrogens with zero attached hydrogens (tertiary/aromatic N) is 1. The number of hydrogen-bond acceptors (Lipinski definition) is 4. The topological polar surface area (TPSA) is 50.9 Å². The van der Waals surface area contributed by atoms with Crippen LogP contribution in [0.2, 0.25) is 0 Å². The van der Waals surface area contributed by atoms with Gasteiger partial charge in [-0.3, -0.25) is 0 Å². The molecule has 0 unspecified atom stereocenters. The van der Waals surface area contributed by atoms with Crippen LogP contribution in [0.4, 0.5) is 5.13 Å². The number of fused-ring (bicyclic) bond motifs is 1. The molecule has 3 nitrogen and oxygen atoms in total. The molecule has 0 amide bonds. The Morgan fingerprint density at radius 2 is 1.74 bits per heavy atom. The van der Waals surface area contributed by atoms with Crippen LogP contribution < -0.4 is 11.1 Å². The summed E-state index contributed by atoms with van der Waals surface area (Å²) in [6.07, 6.45) is 0. The highest BCUT2D eigenvalue weighted by Crippen LogP contribution is 2.25. The van der Waals surface area contributed by atoms with Crippen molar-refractivity contribution in [2.24, 2.45) is 5.73 Å². The van der Waals surface area contributed by atoms with E-state index in [4.69, 9.17) is 5.73 Å². The third-order valence-corrected chi connectivity index (χ3v) is 4.06. The van der Waals surface area contributed by atoms with Gasteiger partial charge in [0.2, 0.25) is 0 Å². The van der Waals surface area contributed by atoms with Crippen LogP contribution in [0.15, 0.2) is 48.5 Å². The van der Waals surface area contributed by atoms with Gasteiger partial charge in [0.25, 0.3) is 0 Å². The normalized spacial score (nSPS) is 10.8. The van der Waals surface area contributed by atoms with E-state index < -0.39 is 0 Å². The maximum Gasteiger partial charge on any atom is 0.184 e. The van der Waals surface area contributed by atoms with E-state index in [0.29, 0.717) is 6.54 Å². The van der Waals surface area contributed by atoms with Crippen LogP contribution in [0.1, 0.15) is 11.1 Å². The van der Waals surface area contributed by atoms with Gasteiger partial charge in [-0.25, -0.2) is 4.98 Å². The lowest BCUT2D eigenvalue weighted by Gasteiger charge is -2.07.